The van der Waals surface area contributed by atoms with E-state index >= 15 is 0 Å². The summed E-state index contributed by atoms with van der Waals surface area (Å²) in [5.74, 6) is 0.235. The molecule has 10 nitrogen and oxygen atoms in total. The first-order chi connectivity index (χ1) is 15.5. The molecular formula is C23H29NO9. The second kappa shape index (κ2) is 9.62. The quantitative estimate of drug-likeness (QED) is 0.287. The number of aryl methyl sites for hydroxylation is 3. The summed E-state index contributed by atoms with van der Waals surface area (Å²) in [6, 6.07) is 3.51. The summed E-state index contributed by atoms with van der Waals surface area (Å²) in [5.41, 5.74) is 2.01. The highest BCUT2D eigenvalue weighted by Crippen LogP contribution is 2.31. The van der Waals surface area contributed by atoms with E-state index < -0.39 is 42.6 Å². The van der Waals surface area contributed by atoms with Gasteiger partial charge in [-0.25, -0.2) is 4.79 Å². The molecule has 180 valence electrons. The Morgan fingerprint density at radius 3 is 2.15 bits per heavy atom. The zero-order valence-corrected chi connectivity index (χ0v) is 18.9. The second-order valence-corrected chi connectivity index (χ2v) is 8.37. The highest BCUT2D eigenvalue weighted by molar-refractivity contribution is 5.97. The minimum absolute atomic E-state index is 0.169. The van der Waals surface area contributed by atoms with Gasteiger partial charge in [-0.3, -0.25) is 4.79 Å². The summed E-state index contributed by atoms with van der Waals surface area (Å²) in [5, 5.41) is 49.6. The Hall–Kier alpha value is -2.76. The molecule has 0 fully saturated rings. The third kappa shape index (κ3) is 4.80. The Morgan fingerprint density at radius 2 is 1.52 bits per heavy atom. The van der Waals surface area contributed by atoms with E-state index in [1.807, 2.05) is 19.9 Å². The fraction of sp³-hybridized carbons (Fsp3) is 0.478. The minimum Gasteiger partial charge on any atom is -0.461 e. The smallest absolute Gasteiger partial charge is 0.340 e. The van der Waals surface area contributed by atoms with Crippen LogP contribution in [0.4, 0.5) is 0 Å². The van der Waals surface area contributed by atoms with Crippen molar-refractivity contribution >= 4 is 27.8 Å². The number of fused-ring (bicyclic) bond motifs is 2. The van der Waals surface area contributed by atoms with Gasteiger partial charge < -0.3 is 39.3 Å². The monoisotopic (exact) mass is 463 g/mol. The number of hydrogen-bond donors (Lipinski definition) is 5. The molecule has 2 aromatic heterocycles. The summed E-state index contributed by atoms with van der Waals surface area (Å²) < 4.78 is 11.1. The molecule has 0 saturated carbocycles. The van der Waals surface area contributed by atoms with Crippen molar-refractivity contribution in [2.24, 2.45) is 0 Å². The third-order valence-electron chi connectivity index (χ3n) is 6.12. The van der Waals surface area contributed by atoms with Crippen LogP contribution in [0.5, 0.6) is 0 Å². The van der Waals surface area contributed by atoms with Gasteiger partial charge in [-0.15, -0.1) is 0 Å². The molecule has 0 bridgehead atoms. The van der Waals surface area contributed by atoms with Crippen LogP contribution in [0.3, 0.4) is 0 Å². The number of rotatable bonds is 8. The molecule has 2 heterocycles. The van der Waals surface area contributed by atoms with Crippen LogP contribution in [-0.2, 0) is 11.2 Å². The van der Waals surface area contributed by atoms with Gasteiger partial charge in [0.15, 0.2) is 0 Å². The Balaban J connectivity index is 1.83. The van der Waals surface area contributed by atoms with Crippen LogP contribution in [0.1, 0.15) is 22.5 Å². The van der Waals surface area contributed by atoms with Crippen molar-refractivity contribution in [2.45, 2.75) is 51.6 Å². The van der Waals surface area contributed by atoms with Crippen LogP contribution in [0.2, 0.25) is 0 Å². The van der Waals surface area contributed by atoms with Gasteiger partial charge in [-0.05, 0) is 38.0 Å². The normalized spacial score (nSPS) is 15.5. The van der Waals surface area contributed by atoms with Gasteiger partial charge in [-0.1, -0.05) is 0 Å². The van der Waals surface area contributed by atoms with Crippen LogP contribution >= 0.6 is 0 Å². The molecule has 3 rings (SSSR count). The molecule has 0 aliphatic carbocycles. The van der Waals surface area contributed by atoms with Crippen LogP contribution in [0, 0.1) is 20.8 Å². The minimum atomic E-state index is -1.80. The van der Waals surface area contributed by atoms with Gasteiger partial charge in [0.05, 0.1) is 18.6 Å². The van der Waals surface area contributed by atoms with Crippen LogP contribution in [0.25, 0.3) is 21.9 Å². The number of aliphatic hydroxyl groups excluding tert-OH is 5. The molecule has 0 saturated heterocycles. The van der Waals surface area contributed by atoms with E-state index in [9.17, 15) is 30.0 Å². The maximum Gasteiger partial charge on any atom is 0.340 e. The maximum absolute atomic E-state index is 12.7. The molecule has 0 unspecified atom stereocenters. The summed E-state index contributed by atoms with van der Waals surface area (Å²) in [6.45, 7) is 4.32. The van der Waals surface area contributed by atoms with Crippen molar-refractivity contribution in [3.8, 4) is 0 Å². The maximum atomic E-state index is 12.7. The standard InChI is InChI=1S/C23H29NO9/c1-10-12(3)32-18-7-19-14(5-13(10)18)11(2)15(23(31)33-19)6-20(28)24(4)8-16(26)21(29)22(30)17(27)9-25/h5,7,16-17,21-22,25-27,29-30H,6,8-9H2,1-4H3/t16-,17+,21+,22+/m0/s1. The van der Waals surface area contributed by atoms with Crippen molar-refractivity contribution in [1.29, 1.82) is 0 Å². The van der Waals surface area contributed by atoms with Crippen molar-refractivity contribution in [3.05, 3.63) is 45.0 Å². The summed E-state index contributed by atoms with van der Waals surface area (Å²) >= 11 is 0. The predicted octanol–water partition coefficient (Wildman–Crippen LogP) is -0.0987. The van der Waals surface area contributed by atoms with E-state index in [4.69, 9.17) is 13.9 Å². The number of benzene rings is 1. The zero-order chi connectivity index (χ0) is 24.6. The van der Waals surface area contributed by atoms with E-state index in [2.05, 4.69) is 0 Å². The molecule has 5 N–H and O–H groups in total. The topological polar surface area (TPSA) is 165 Å². The average Bonchev–Trinajstić information content (AvgIpc) is 3.06. The fourth-order valence-corrected chi connectivity index (χ4v) is 3.77. The number of carbonyl (C=O) groups excluding carboxylic acids is 1. The molecule has 3 aromatic rings. The highest BCUT2D eigenvalue weighted by atomic mass is 16.4. The van der Waals surface area contributed by atoms with E-state index in [1.54, 1.807) is 13.0 Å². The predicted molar refractivity (Wildman–Crippen MR) is 119 cm³/mol. The third-order valence-corrected chi connectivity index (χ3v) is 6.12. The van der Waals surface area contributed by atoms with Crippen molar-refractivity contribution in [3.63, 3.8) is 0 Å². The van der Waals surface area contributed by atoms with E-state index in [-0.39, 0.29) is 18.5 Å². The van der Waals surface area contributed by atoms with Crippen molar-refractivity contribution in [1.82, 2.24) is 4.90 Å². The SMILES string of the molecule is Cc1oc2cc3oc(=O)c(CC(=O)N(C)C[C@H](O)[C@@H](O)[C@H](O)[C@H](O)CO)c(C)c3cc2c1C. The molecule has 4 atom stereocenters. The lowest BCUT2D eigenvalue weighted by molar-refractivity contribution is -0.137. The first-order valence-corrected chi connectivity index (χ1v) is 10.5. The fourth-order valence-electron chi connectivity index (χ4n) is 3.77. The summed E-state index contributed by atoms with van der Waals surface area (Å²) in [7, 11) is 1.37. The average molecular weight is 463 g/mol. The number of hydrogen-bond acceptors (Lipinski definition) is 9. The number of likely N-dealkylation sites (N-methyl/N-ethyl adjacent to an activating group) is 1. The van der Waals surface area contributed by atoms with Crippen molar-refractivity contribution in [2.75, 3.05) is 20.2 Å². The first-order valence-electron chi connectivity index (χ1n) is 10.5. The number of carbonyl (C=O) groups is 1. The Bertz CT molecular complexity index is 1230. The molecule has 0 aliphatic heterocycles. The Kier molecular flexibility index (Phi) is 7.25. The summed E-state index contributed by atoms with van der Waals surface area (Å²) in [4.78, 5) is 26.4. The highest BCUT2D eigenvalue weighted by Gasteiger charge is 2.31. The summed E-state index contributed by atoms with van der Waals surface area (Å²) in [6.07, 6.45) is -7.12. The van der Waals surface area contributed by atoms with Gasteiger partial charge in [0, 0.05) is 30.4 Å². The van der Waals surface area contributed by atoms with Gasteiger partial charge >= 0.3 is 5.63 Å². The lowest BCUT2D eigenvalue weighted by Gasteiger charge is -2.28. The van der Waals surface area contributed by atoms with E-state index in [1.165, 1.54) is 7.05 Å². The molecule has 1 amide bonds. The lowest BCUT2D eigenvalue weighted by Crippen LogP contribution is -2.50. The van der Waals surface area contributed by atoms with Gasteiger partial charge in [-0.2, -0.15) is 0 Å². The van der Waals surface area contributed by atoms with Crippen LogP contribution in [0.15, 0.2) is 25.8 Å². The molecule has 33 heavy (non-hydrogen) atoms. The zero-order valence-electron chi connectivity index (χ0n) is 18.9. The second-order valence-electron chi connectivity index (χ2n) is 8.37. The molecule has 0 aliphatic rings. The van der Waals surface area contributed by atoms with Gasteiger partial charge in [0.25, 0.3) is 0 Å². The number of furan rings is 1. The van der Waals surface area contributed by atoms with Gasteiger partial charge in [0.2, 0.25) is 5.91 Å². The molecular weight excluding hydrogens is 434 g/mol. The number of nitrogens with zero attached hydrogens (tertiary/aromatic N) is 1. The van der Waals surface area contributed by atoms with E-state index in [0.29, 0.717) is 22.1 Å². The molecule has 1 aromatic carbocycles. The van der Waals surface area contributed by atoms with Crippen LogP contribution in [-0.4, -0.2) is 81.0 Å². The van der Waals surface area contributed by atoms with Crippen molar-refractivity contribution < 1.29 is 39.2 Å². The van der Waals surface area contributed by atoms with Gasteiger partial charge in [0.1, 0.15) is 41.3 Å². The Morgan fingerprint density at radius 1 is 0.939 bits per heavy atom. The molecule has 0 spiro atoms. The molecule has 10 heteroatoms. The largest absolute Gasteiger partial charge is 0.461 e. The number of aliphatic hydroxyl groups is 5. The first kappa shape index (κ1) is 24.9. The Labute approximate surface area is 189 Å². The van der Waals surface area contributed by atoms with E-state index in [0.717, 1.165) is 21.6 Å². The lowest BCUT2D eigenvalue weighted by atomic mass is 10.0. The molecule has 0 radical (unpaired) electrons. The number of amides is 1. The van der Waals surface area contributed by atoms with Crippen LogP contribution < -0.4 is 5.63 Å².